The van der Waals surface area contributed by atoms with Crippen molar-refractivity contribution in [1.29, 1.82) is 0 Å². The number of benzene rings is 3. The molecule has 224 valence electrons. The first-order valence-electron chi connectivity index (χ1n) is 13.9. The summed E-state index contributed by atoms with van der Waals surface area (Å²) in [6, 6.07) is 20.6. The molecule has 3 atom stereocenters. The quantitative estimate of drug-likeness (QED) is 0.211. The van der Waals surface area contributed by atoms with E-state index in [0.29, 0.717) is 32.6 Å². The molecular weight excluding hydrogens is 603 g/mol. The molecule has 6 rings (SSSR count). The van der Waals surface area contributed by atoms with Crippen LogP contribution in [0.3, 0.4) is 0 Å². The van der Waals surface area contributed by atoms with Gasteiger partial charge in [0.25, 0.3) is 5.91 Å². The molecule has 2 aliphatic rings. The lowest BCUT2D eigenvalue weighted by molar-refractivity contribution is -0.122. The van der Waals surface area contributed by atoms with Crippen molar-refractivity contribution in [2.75, 3.05) is 23.4 Å². The summed E-state index contributed by atoms with van der Waals surface area (Å²) in [5.41, 5.74) is 3.15. The Hall–Kier alpha value is -4.68. The van der Waals surface area contributed by atoms with Gasteiger partial charge in [0.05, 0.1) is 28.8 Å². The van der Waals surface area contributed by atoms with Crippen LogP contribution in [0.5, 0.6) is 5.75 Å². The number of hydrogen-bond acceptors (Lipinski definition) is 9. The van der Waals surface area contributed by atoms with E-state index in [0.717, 1.165) is 27.4 Å². The van der Waals surface area contributed by atoms with Gasteiger partial charge in [0.2, 0.25) is 11.8 Å². The maximum absolute atomic E-state index is 13.9. The maximum Gasteiger partial charge on any atom is 0.338 e. The molecule has 3 heterocycles. The summed E-state index contributed by atoms with van der Waals surface area (Å²) in [4.78, 5) is 68.8. The Morgan fingerprint density at radius 3 is 2.32 bits per heavy atom. The molecular formula is C32H27N3O7S2. The number of thiazole rings is 1. The van der Waals surface area contributed by atoms with Gasteiger partial charge in [0.15, 0.2) is 6.61 Å². The van der Waals surface area contributed by atoms with Crippen LogP contribution in [0.15, 0.2) is 82.6 Å². The van der Waals surface area contributed by atoms with Gasteiger partial charge >= 0.3 is 10.8 Å². The Balaban J connectivity index is 1.22. The Morgan fingerprint density at radius 2 is 1.64 bits per heavy atom. The minimum Gasteiger partial charge on any atom is -0.484 e. The summed E-state index contributed by atoms with van der Waals surface area (Å²) < 4.78 is 10.7. The van der Waals surface area contributed by atoms with Gasteiger partial charge in [0.1, 0.15) is 11.0 Å². The van der Waals surface area contributed by atoms with Gasteiger partial charge in [-0.05, 0) is 67.9 Å². The molecule has 0 bridgehead atoms. The van der Waals surface area contributed by atoms with Gasteiger partial charge in [-0.3, -0.25) is 19.2 Å². The van der Waals surface area contributed by atoms with Crippen LogP contribution in [0.4, 0.5) is 11.4 Å². The van der Waals surface area contributed by atoms with Crippen molar-refractivity contribution in [2.24, 2.45) is 5.92 Å². The summed E-state index contributed by atoms with van der Waals surface area (Å²) in [6.45, 7) is 3.71. The van der Waals surface area contributed by atoms with E-state index in [9.17, 15) is 24.0 Å². The highest BCUT2D eigenvalue weighted by atomic mass is 32.2. The fraction of sp³-hybridized carbons (Fsp3) is 0.219. The summed E-state index contributed by atoms with van der Waals surface area (Å²) in [5.74, 6) is -2.44. The van der Waals surface area contributed by atoms with E-state index in [1.54, 1.807) is 43.3 Å². The zero-order valence-corrected chi connectivity index (χ0v) is 25.3. The van der Waals surface area contributed by atoms with Gasteiger partial charge in [-0.15, -0.1) is 0 Å². The van der Waals surface area contributed by atoms with Crippen LogP contribution in [0, 0.1) is 12.8 Å². The monoisotopic (exact) mass is 629 g/mol. The number of aromatic nitrogens is 1. The number of ether oxygens (including phenoxy) is 2. The molecule has 12 heteroatoms. The van der Waals surface area contributed by atoms with Gasteiger partial charge in [0, 0.05) is 16.5 Å². The Morgan fingerprint density at radius 1 is 0.932 bits per heavy atom. The van der Waals surface area contributed by atoms with Crippen LogP contribution < -0.4 is 19.8 Å². The molecule has 2 aliphatic heterocycles. The number of amides is 3. The van der Waals surface area contributed by atoms with E-state index >= 15 is 0 Å². The summed E-state index contributed by atoms with van der Waals surface area (Å²) in [6.07, 6.45) is 0. The topological polar surface area (TPSA) is 135 Å². The fourth-order valence-electron chi connectivity index (χ4n) is 5.35. The molecule has 1 aromatic heterocycles. The highest BCUT2D eigenvalue weighted by Gasteiger charge is 2.56. The van der Waals surface area contributed by atoms with E-state index in [1.165, 1.54) is 23.9 Å². The van der Waals surface area contributed by atoms with Crippen molar-refractivity contribution < 1.29 is 28.7 Å². The number of hydrogen-bond donors (Lipinski definition) is 2. The number of nitrogens with zero attached hydrogens (tertiary/aromatic N) is 1. The number of rotatable bonds is 8. The van der Waals surface area contributed by atoms with Crippen LogP contribution in [-0.4, -0.2) is 47.1 Å². The third kappa shape index (κ3) is 5.65. The zero-order valence-electron chi connectivity index (χ0n) is 23.7. The van der Waals surface area contributed by atoms with Crippen molar-refractivity contribution in [3.05, 3.63) is 104 Å². The molecule has 4 aromatic rings. The minimum absolute atomic E-state index is 0.196. The largest absolute Gasteiger partial charge is 0.484 e. The Kier molecular flexibility index (Phi) is 8.11. The number of aryl methyl sites for hydroxylation is 1. The first-order valence-corrected chi connectivity index (χ1v) is 15.6. The molecule has 2 N–H and O–H groups in total. The summed E-state index contributed by atoms with van der Waals surface area (Å²) >= 11 is 2.21. The predicted octanol–water partition coefficient (Wildman–Crippen LogP) is 4.73. The number of fused-ring (bicyclic) bond motifs is 2. The maximum atomic E-state index is 13.9. The number of nitrogens with one attached hydrogen (secondary N) is 2. The van der Waals surface area contributed by atoms with Crippen LogP contribution >= 0.6 is 23.1 Å². The van der Waals surface area contributed by atoms with Crippen molar-refractivity contribution in [3.63, 3.8) is 0 Å². The normalized spacial score (nSPS) is 18.9. The second kappa shape index (κ2) is 12.1. The lowest BCUT2D eigenvalue weighted by Crippen LogP contribution is -2.32. The molecule has 3 aromatic carbocycles. The number of anilines is 2. The van der Waals surface area contributed by atoms with E-state index in [1.807, 2.05) is 31.2 Å². The third-order valence-corrected chi connectivity index (χ3v) is 9.81. The molecule has 0 saturated carbocycles. The lowest BCUT2D eigenvalue weighted by atomic mass is 9.83. The van der Waals surface area contributed by atoms with Crippen molar-refractivity contribution in [3.8, 4) is 5.75 Å². The van der Waals surface area contributed by atoms with Crippen molar-refractivity contribution >= 4 is 58.2 Å². The second-order valence-corrected chi connectivity index (χ2v) is 12.5. The Bertz CT molecular complexity index is 1800. The smallest absolute Gasteiger partial charge is 0.338 e. The SMILES string of the molecule is CCOC(=O)c1ccc(N2C(=O)C3Sc4[nH]c(=O)sc4C(c4ccc(OCC(=O)Nc5ccc(C)cc5)cc4)C3C2=O)cc1. The number of thioether (sulfide) groups is 1. The van der Waals surface area contributed by atoms with E-state index in [4.69, 9.17) is 9.47 Å². The van der Waals surface area contributed by atoms with Crippen LogP contribution in [0.1, 0.15) is 39.2 Å². The van der Waals surface area contributed by atoms with E-state index in [-0.39, 0.29) is 29.9 Å². The van der Waals surface area contributed by atoms with Crippen LogP contribution in [0.25, 0.3) is 0 Å². The molecule has 0 spiro atoms. The third-order valence-electron chi connectivity index (χ3n) is 7.41. The van der Waals surface area contributed by atoms with E-state index < -0.39 is 29.0 Å². The number of H-pyrrole nitrogens is 1. The number of carbonyl (C=O) groups is 4. The molecule has 10 nitrogen and oxygen atoms in total. The van der Waals surface area contributed by atoms with Crippen molar-refractivity contribution in [1.82, 2.24) is 4.98 Å². The Labute approximate surface area is 260 Å². The number of aromatic amines is 1. The van der Waals surface area contributed by atoms with Crippen LogP contribution in [-0.2, 0) is 19.1 Å². The summed E-state index contributed by atoms with van der Waals surface area (Å²) in [5, 5.41) is 2.60. The first kappa shape index (κ1) is 29.4. The highest BCUT2D eigenvalue weighted by molar-refractivity contribution is 8.00. The average Bonchev–Trinajstić information content (AvgIpc) is 3.51. The fourth-order valence-corrected chi connectivity index (χ4v) is 7.86. The van der Waals surface area contributed by atoms with E-state index in [2.05, 4.69) is 10.3 Å². The predicted molar refractivity (Wildman–Crippen MR) is 167 cm³/mol. The molecule has 0 aliphatic carbocycles. The summed E-state index contributed by atoms with van der Waals surface area (Å²) in [7, 11) is 0. The minimum atomic E-state index is -0.761. The number of imide groups is 1. The molecule has 3 unspecified atom stereocenters. The zero-order chi connectivity index (χ0) is 31.0. The average molecular weight is 630 g/mol. The highest BCUT2D eigenvalue weighted by Crippen LogP contribution is 2.53. The van der Waals surface area contributed by atoms with Gasteiger partial charge in [-0.25, -0.2) is 9.69 Å². The number of esters is 1. The molecule has 0 radical (unpaired) electrons. The van der Waals surface area contributed by atoms with Gasteiger partial charge in [-0.2, -0.15) is 0 Å². The standard InChI is InChI=1S/C32H27N3O7S2/c1-3-41-31(39)19-6-12-21(13-7-19)35-29(37)25-24(26-28(34-32(40)44-26)43-27(25)30(35)38)18-8-14-22(15-9-18)42-16-23(36)33-20-10-4-17(2)5-11-20/h4-15,24-25,27H,3,16H2,1-2H3,(H,33,36)(H,34,40). The molecule has 44 heavy (non-hydrogen) atoms. The van der Waals surface area contributed by atoms with Crippen LogP contribution in [0.2, 0.25) is 0 Å². The molecule has 3 amide bonds. The molecule has 1 fully saturated rings. The lowest BCUT2D eigenvalue weighted by Gasteiger charge is -2.29. The first-order chi connectivity index (χ1) is 21.2. The number of carbonyl (C=O) groups excluding carboxylic acids is 4. The van der Waals surface area contributed by atoms with Crippen molar-refractivity contribution in [2.45, 2.75) is 30.0 Å². The molecule has 1 saturated heterocycles. The second-order valence-electron chi connectivity index (χ2n) is 10.3. The van der Waals surface area contributed by atoms with Gasteiger partial charge in [-0.1, -0.05) is 52.9 Å². The van der Waals surface area contributed by atoms with Gasteiger partial charge < -0.3 is 19.8 Å².